The molecule has 0 aromatic carbocycles. The Morgan fingerprint density at radius 2 is 1.92 bits per heavy atom. The van der Waals surface area contributed by atoms with Crippen LogP contribution in [0.15, 0.2) is 23.0 Å². The van der Waals surface area contributed by atoms with E-state index in [4.69, 9.17) is 19.0 Å². The van der Waals surface area contributed by atoms with Gasteiger partial charge in [0.15, 0.2) is 5.76 Å². The summed E-state index contributed by atoms with van der Waals surface area (Å²) in [4.78, 5) is 30.0. The minimum absolute atomic E-state index is 0.0480. The van der Waals surface area contributed by atoms with E-state index in [2.05, 4.69) is 25.4 Å². The highest BCUT2D eigenvalue weighted by molar-refractivity contribution is 5.72. The summed E-state index contributed by atoms with van der Waals surface area (Å²) in [5.41, 5.74) is 3.06. The van der Waals surface area contributed by atoms with Gasteiger partial charge < -0.3 is 19.3 Å². The highest BCUT2D eigenvalue weighted by Gasteiger charge is 2.30. The molecule has 2 atom stereocenters. The van der Waals surface area contributed by atoms with Gasteiger partial charge >= 0.3 is 5.97 Å². The van der Waals surface area contributed by atoms with E-state index in [-0.39, 0.29) is 30.0 Å². The van der Waals surface area contributed by atoms with Gasteiger partial charge in [0.05, 0.1) is 29.5 Å². The fourth-order valence-corrected chi connectivity index (χ4v) is 4.41. The number of carbonyl (C=O) groups is 1. The van der Waals surface area contributed by atoms with Crippen LogP contribution in [-0.2, 0) is 16.1 Å². The molecular formula is C27H36N6O4. The highest BCUT2D eigenvalue weighted by Crippen LogP contribution is 2.32. The van der Waals surface area contributed by atoms with Crippen molar-refractivity contribution in [2.75, 3.05) is 5.32 Å². The minimum Gasteiger partial charge on any atom is -0.489 e. The average molecular weight is 509 g/mol. The quantitative estimate of drug-likeness (QED) is 0.387. The molecule has 198 valence electrons. The molecular weight excluding hydrogens is 472 g/mol. The Morgan fingerprint density at radius 1 is 1.11 bits per heavy atom. The van der Waals surface area contributed by atoms with Crippen molar-refractivity contribution >= 4 is 11.9 Å². The summed E-state index contributed by atoms with van der Waals surface area (Å²) in [6, 6.07) is 3.78. The van der Waals surface area contributed by atoms with Crippen molar-refractivity contribution in [3.8, 4) is 17.2 Å². The van der Waals surface area contributed by atoms with Crippen molar-refractivity contribution in [1.29, 1.82) is 0 Å². The van der Waals surface area contributed by atoms with Crippen molar-refractivity contribution in [2.45, 2.75) is 91.9 Å². The normalized spacial score (nSPS) is 17.7. The van der Waals surface area contributed by atoms with Gasteiger partial charge in [-0.2, -0.15) is 4.98 Å². The number of aromatic nitrogens is 5. The molecule has 0 amide bonds. The number of pyridine rings is 1. The van der Waals surface area contributed by atoms with Crippen LogP contribution in [0.1, 0.15) is 82.1 Å². The third kappa shape index (κ3) is 6.61. The van der Waals surface area contributed by atoms with Crippen molar-refractivity contribution < 1.29 is 18.8 Å². The largest absolute Gasteiger partial charge is 0.489 e. The van der Waals surface area contributed by atoms with Gasteiger partial charge in [-0.25, -0.2) is 15.0 Å². The number of esters is 1. The van der Waals surface area contributed by atoms with Crippen LogP contribution >= 0.6 is 0 Å². The second-order valence-electron chi connectivity index (χ2n) is 10.1. The monoisotopic (exact) mass is 508 g/mol. The second-order valence-corrected chi connectivity index (χ2v) is 10.1. The number of nitrogens with zero attached hydrogens (tertiary/aromatic N) is 5. The summed E-state index contributed by atoms with van der Waals surface area (Å²) in [7, 11) is 0. The maximum atomic E-state index is 12.4. The first kappa shape index (κ1) is 26.5. The minimum atomic E-state index is -0.132. The molecule has 0 spiro atoms. The average Bonchev–Trinajstić information content (AvgIpc) is 3.24. The number of rotatable bonds is 9. The molecule has 0 saturated heterocycles. The van der Waals surface area contributed by atoms with Gasteiger partial charge in [0.25, 0.3) is 0 Å². The van der Waals surface area contributed by atoms with Gasteiger partial charge in [0.1, 0.15) is 23.6 Å². The molecule has 1 aliphatic rings. The molecule has 0 radical (unpaired) electrons. The third-order valence-corrected chi connectivity index (χ3v) is 6.39. The van der Waals surface area contributed by atoms with Crippen LogP contribution in [0, 0.1) is 19.8 Å². The topological polar surface area (TPSA) is 125 Å². The van der Waals surface area contributed by atoms with E-state index in [1.807, 2.05) is 53.7 Å². The number of carbonyl (C=O) groups excluding carboxylic acids is 1. The van der Waals surface area contributed by atoms with E-state index in [0.29, 0.717) is 36.1 Å². The van der Waals surface area contributed by atoms with Crippen molar-refractivity contribution in [2.24, 2.45) is 5.92 Å². The Bertz CT molecular complexity index is 1230. The molecule has 0 unspecified atom stereocenters. The Kier molecular flexibility index (Phi) is 8.35. The lowest BCUT2D eigenvalue weighted by Crippen LogP contribution is -2.31. The van der Waals surface area contributed by atoms with E-state index in [0.717, 1.165) is 42.0 Å². The lowest BCUT2D eigenvalue weighted by atomic mass is 9.87. The van der Waals surface area contributed by atoms with Gasteiger partial charge in [0.2, 0.25) is 5.95 Å². The zero-order valence-electron chi connectivity index (χ0n) is 22.4. The fraction of sp³-hybridized carbons (Fsp3) is 0.556. The van der Waals surface area contributed by atoms with Crippen LogP contribution < -0.4 is 10.1 Å². The molecule has 1 fully saturated rings. The predicted molar refractivity (Wildman–Crippen MR) is 138 cm³/mol. The third-order valence-electron chi connectivity index (χ3n) is 6.39. The van der Waals surface area contributed by atoms with E-state index < -0.39 is 0 Å². The first-order valence-electron chi connectivity index (χ1n) is 12.9. The number of aryl methyl sites for hydroxylation is 2. The lowest BCUT2D eigenvalue weighted by Gasteiger charge is -2.29. The molecule has 3 heterocycles. The van der Waals surface area contributed by atoms with Crippen LogP contribution in [-0.4, -0.2) is 43.3 Å². The van der Waals surface area contributed by atoms with Crippen LogP contribution in [0.25, 0.3) is 11.5 Å². The Hall–Kier alpha value is -3.56. The Morgan fingerprint density at radius 3 is 2.65 bits per heavy atom. The van der Waals surface area contributed by atoms with Crippen LogP contribution in [0.5, 0.6) is 5.75 Å². The SMILES string of the molecule is Cc1nc(-c2onc(C)c2CNc2ncnc(C(C)C)n2)ccc1O[C@H]1CCC[C@H](C(=O)OC(C)C)C1. The molecule has 3 aromatic heterocycles. The zero-order chi connectivity index (χ0) is 26.5. The maximum Gasteiger partial charge on any atom is 0.309 e. The fourth-order valence-electron chi connectivity index (χ4n) is 4.41. The first-order chi connectivity index (χ1) is 17.7. The molecule has 1 N–H and O–H groups in total. The van der Waals surface area contributed by atoms with Crippen molar-refractivity contribution in [1.82, 2.24) is 25.1 Å². The molecule has 0 aliphatic heterocycles. The summed E-state index contributed by atoms with van der Waals surface area (Å²) < 4.78 is 17.3. The van der Waals surface area contributed by atoms with Gasteiger partial charge in [-0.3, -0.25) is 4.79 Å². The maximum absolute atomic E-state index is 12.4. The number of nitrogens with one attached hydrogen (secondary N) is 1. The zero-order valence-corrected chi connectivity index (χ0v) is 22.4. The summed E-state index contributed by atoms with van der Waals surface area (Å²) in [6.45, 7) is 12.1. The summed E-state index contributed by atoms with van der Waals surface area (Å²) in [5.74, 6) is 2.48. The molecule has 3 aromatic rings. The van der Waals surface area contributed by atoms with Gasteiger partial charge in [0, 0.05) is 18.0 Å². The second kappa shape index (κ2) is 11.7. The molecule has 4 rings (SSSR count). The van der Waals surface area contributed by atoms with Crippen LogP contribution in [0.4, 0.5) is 5.95 Å². The molecule has 1 aliphatic carbocycles. The van der Waals surface area contributed by atoms with Crippen LogP contribution in [0.2, 0.25) is 0 Å². The molecule has 10 heteroatoms. The Balaban J connectivity index is 1.44. The summed E-state index contributed by atoms with van der Waals surface area (Å²) in [6.07, 6.45) is 4.68. The van der Waals surface area contributed by atoms with Crippen molar-refractivity contribution in [3.63, 3.8) is 0 Å². The van der Waals surface area contributed by atoms with Gasteiger partial charge in [-0.05, 0) is 65.5 Å². The van der Waals surface area contributed by atoms with Gasteiger partial charge in [-0.15, -0.1) is 0 Å². The van der Waals surface area contributed by atoms with E-state index in [1.165, 1.54) is 6.33 Å². The summed E-state index contributed by atoms with van der Waals surface area (Å²) >= 11 is 0. The number of anilines is 1. The van der Waals surface area contributed by atoms with E-state index >= 15 is 0 Å². The predicted octanol–water partition coefficient (Wildman–Crippen LogP) is 5.16. The van der Waals surface area contributed by atoms with Crippen LogP contribution in [0.3, 0.4) is 0 Å². The molecule has 0 bridgehead atoms. The standard InChI is InChI=1S/C27H36N6O4/c1-15(2)25-29-14-30-27(32-25)28-13-21-17(5)33-37-24(21)22-10-11-23(18(6)31-22)36-20-9-7-8-19(12-20)26(34)35-16(3)4/h10-11,14-16,19-20H,7-9,12-13H2,1-6H3,(H,28,29,30,32)/t19-,20-/m0/s1. The molecule has 37 heavy (non-hydrogen) atoms. The Labute approximate surface area is 217 Å². The molecule has 10 nitrogen and oxygen atoms in total. The summed E-state index contributed by atoms with van der Waals surface area (Å²) in [5, 5.41) is 7.40. The lowest BCUT2D eigenvalue weighted by molar-refractivity contribution is -0.154. The van der Waals surface area contributed by atoms with E-state index in [1.54, 1.807) is 0 Å². The number of ether oxygens (including phenoxy) is 2. The van der Waals surface area contributed by atoms with E-state index in [9.17, 15) is 4.79 Å². The van der Waals surface area contributed by atoms with Crippen molar-refractivity contribution in [3.05, 3.63) is 41.2 Å². The number of hydrogen-bond acceptors (Lipinski definition) is 10. The highest BCUT2D eigenvalue weighted by atomic mass is 16.5. The molecule has 1 saturated carbocycles. The van der Waals surface area contributed by atoms with Gasteiger partial charge in [-0.1, -0.05) is 19.0 Å². The smallest absolute Gasteiger partial charge is 0.309 e. The first-order valence-corrected chi connectivity index (χ1v) is 12.9. The number of hydrogen-bond donors (Lipinski definition) is 1.